The molecule has 2 N–H and O–H groups in total. The van der Waals surface area contributed by atoms with Gasteiger partial charge in [-0.1, -0.05) is 0 Å². The predicted octanol–water partition coefficient (Wildman–Crippen LogP) is 1.01. The summed E-state index contributed by atoms with van der Waals surface area (Å²) in [6.45, 7) is 1.84. The SMILES string of the molecule is COCC(C)OS(=O)(=O)c1ccc(N)cc1. The Labute approximate surface area is 95.3 Å². The van der Waals surface area contributed by atoms with Crippen LogP contribution in [0.5, 0.6) is 0 Å². The number of rotatable bonds is 5. The molecule has 5 nitrogen and oxygen atoms in total. The van der Waals surface area contributed by atoms with Crippen molar-refractivity contribution in [2.45, 2.75) is 17.9 Å². The summed E-state index contributed by atoms with van der Waals surface area (Å²) in [7, 11) is -2.25. The van der Waals surface area contributed by atoms with Crippen LogP contribution in [-0.2, 0) is 19.0 Å². The van der Waals surface area contributed by atoms with Crippen LogP contribution in [0.15, 0.2) is 29.2 Å². The Hall–Kier alpha value is -1.11. The summed E-state index contributed by atoms with van der Waals surface area (Å²) >= 11 is 0. The van der Waals surface area contributed by atoms with Crippen molar-refractivity contribution < 1.29 is 17.3 Å². The number of nitrogen functional groups attached to an aromatic ring is 1. The number of benzene rings is 1. The van der Waals surface area contributed by atoms with Gasteiger partial charge in [-0.2, -0.15) is 8.42 Å². The van der Waals surface area contributed by atoms with E-state index in [0.29, 0.717) is 5.69 Å². The fourth-order valence-corrected chi connectivity index (χ4v) is 2.24. The van der Waals surface area contributed by atoms with E-state index in [1.165, 1.54) is 31.4 Å². The van der Waals surface area contributed by atoms with E-state index < -0.39 is 16.2 Å². The molecule has 0 aliphatic heterocycles. The molecule has 0 radical (unpaired) electrons. The van der Waals surface area contributed by atoms with Crippen LogP contribution in [0.4, 0.5) is 5.69 Å². The summed E-state index contributed by atoms with van der Waals surface area (Å²) in [5.74, 6) is 0. The number of ether oxygens (including phenoxy) is 1. The van der Waals surface area contributed by atoms with Crippen molar-refractivity contribution >= 4 is 15.8 Å². The maximum atomic E-state index is 11.7. The van der Waals surface area contributed by atoms with Crippen LogP contribution in [-0.4, -0.2) is 28.2 Å². The van der Waals surface area contributed by atoms with E-state index in [9.17, 15) is 8.42 Å². The molecule has 0 spiro atoms. The average molecular weight is 245 g/mol. The lowest BCUT2D eigenvalue weighted by molar-refractivity contribution is 0.0962. The van der Waals surface area contributed by atoms with Gasteiger partial charge in [0, 0.05) is 12.8 Å². The first-order valence-electron chi connectivity index (χ1n) is 4.73. The Morgan fingerprint density at radius 2 is 1.88 bits per heavy atom. The van der Waals surface area contributed by atoms with E-state index in [2.05, 4.69) is 0 Å². The largest absolute Gasteiger partial charge is 0.399 e. The van der Waals surface area contributed by atoms with Crippen LogP contribution in [0.1, 0.15) is 6.92 Å². The molecule has 0 saturated heterocycles. The van der Waals surface area contributed by atoms with E-state index in [4.69, 9.17) is 14.7 Å². The molecule has 0 aromatic heterocycles. The van der Waals surface area contributed by atoms with Gasteiger partial charge in [-0.25, -0.2) is 0 Å². The standard InChI is InChI=1S/C10H15NO4S/c1-8(7-14-2)15-16(12,13)10-5-3-9(11)4-6-10/h3-6,8H,7,11H2,1-2H3. The van der Waals surface area contributed by atoms with Crippen LogP contribution in [0.3, 0.4) is 0 Å². The zero-order chi connectivity index (χ0) is 12.2. The second kappa shape index (κ2) is 5.29. The third-order valence-corrected chi connectivity index (χ3v) is 3.29. The topological polar surface area (TPSA) is 78.6 Å². The molecule has 1 unspecified atom stereocenters. The lowest BCUT2D eigenvalue weighted by atomic mass is 10.3. The number of methoxy groups -OCH3 is 1. The van der Waals surface area contributed by atoms with Crippen molar-refractivity contribution in [2.24, 2.45) is 0 Å². The van der Waals surface area contributed by atoms with Gasteiger partial charge in [-0.05, 0) is 31.2 Å². The fourth-order valence-electron chi connectivity index (χ4n) is 1.17. The lowest BCUT2D eigenvalue weighted by Crippen LogP contribution is -2.20. The highest BCUT2D eigenvalue weighted by Gasteiger charge is 2.18. The van der Waals surface area contributed by atoms with E-state index in [-0.39, 0.29) is 11.5 Å². The van der Waals surface area contributed by atoms with Gasteiger partial charge in [0.05, 0.1) is 17.6 Å². The number of nitrogens with two attached hydrogens (primary N) is 1. The molecule has 1 rings (SSSR count). The molecule has 90 valence electrons. The summed E-state index contributed by atoms with van der Waals surface area (Å²) in [6.07, 6.45) is -0.521. The molecule has 0 bridgehead atoms. The molecule has 0 fully saturated rings. The van der Waals surface area contributed by atoms with E-state index in [1.807, 2.05) is 0 Å². The van der Waals surface area contributed by atoms with Gasteiger partial charge in [0.2, 0.25) is 0 Å². The Kier molecular flexibility index (Phi) is 4.28. The van der Waals surface area contributed by atoms with E-state index in [1.54, 1.807) is 6.92 Å². The average Bonchev–Trinajstić information content (AvgIpc) is 2.17. The summed E-state index contributed by atoms with van der Waals surface area (Å²) in [4.78, 5) is 0.0876. The molecule has 16 heavy (non-hydrogen) atoms. The molecule has 1 aromatic rings. The van der Waals surface area contributed by atoms with Crippen LogP contribution in [0.25, 0.3) is 0 Å². The summed E-state index contributed by atoms with van der Waals surface area (Å²) < 4.78 is 33.1. The van der Waals surface area contributed by atoms with Crippen molar-refractivity contribution in [3.63, 3.8) is 0 Å². The zero-order valence-corrected chi connectivity index (χ0v) is 10.0. The minimum Gasteiger partial charge on any atom is -0.399 e. The molecule has 1 atom stereocenters. The van der Waals surface area contributed by atoms with Gasteiger partial charge in [-0.3, -0.25) is 4.18 Å². The Balaban J connectivity index is 2.82. The number of anilines is 1. The summed E-state index contributed by atoms with van der Waals surface area (Å²) in [6, 6.07) is 5.84. The molecule has 6 heteroatoms. The number of hydrogen-bond donors (Lipinski definition) is 1. The second-order valence-corrected chi connectivity index (χ2v) is 4.96. The summed E-state index contributed by atoms with van der Waals surface area (Å²) in [5, 5.41) is 0. The van der Waals surface area contributed by atoms with Gasteiger partial charge in [-0.15, -0.1) is 0 Å². The maximum Gasteiger partial charge on any atom is 0.297 e. The Bertz CT molecular complexity index is 427. The van der Waals surface area contributed by atoms with Crippen molar-refractivity contribution in [2.75, 3.05) is 19.5 Å². The second-order valence-electron chi connectivity index (χ2n) is 3.39. The minimum atomic E-state index is -3.73. The van der Waals surface area contributed by atoms with Crippen molar-refractivity contribution in [3.05, 3.63) is 24.3 Å². The lowest BCUT2D eigenvalue weighted by Gasteiger charge is -2.11. The highest BCUT2D eigenvalue weighted by molar-refractivity contribution is 7.86. The highest BCUT2D eigenvalue weighted by Crippen LogP contribution is 2.15. The Morgan fingerprint density at radius 1 is 1.31 bits per heavy atom. The normalized spacial score (nSPS) is 13.6. The molecule has 0 saturated carbocycles. The Morgan fingerprint density at radius 3 is 2.38 bits per heavy atom. The van der Waals surface area contributed by atoms with Crippen molar-refractivity contribution in [1.82, 2.24) is 0 Å². The van der Waals surface area contributed by atoms with Gasteiger partial charge in [0.1, 0.15) is 0 Å². The number of hydrogen-bond acceptors (Lipinski definition) is 5. The van der Waals surface area contributed by atoms with Gasteiger partial charge < -0.3 is 10.5 Å². The minimum absolute atomic E-state index is 0.0876. The monoisotopic (exact) mass is 245 g/mol. The first-order chi connectivity index (χ1) is 7.45. The highest BCUT2D eigenvalue weighted by atomic mass is 32.2. The predicted molar refractivity (Wildman–Crippen MR) is 60.5 cm³/mol. The molecule has 0 amide bonds. The first-order valence-corrected chi connectivity index (χ1v) is 6.14. The zero-order valence-electron chi connectivity index (χ0n) is 9.21. The quantitative estimate of drug-likeness (QED) is 0.618. The van der Waals surface area contributed by atoms with E-state index in [0.717, 1.165) is 0 Å². The van der Waals surface area contributed by atoms with Gasteiger partial charge in [0.25, 0.3) is 10.1 Å². The molecule has 1 aromatic carbocycles. The van der Waals surface area contributed by atoms with Crippen LogP contribution in [0, 0.1) is 0 Å². The van der Waals surface area contributed by atoms with Crippen molar-refractivity contribution in [1.29, 1.82) is 0 Å². The van der Waals surface area contributed by atoms with Crippen LogP contribution in [0.2, 0.25) is 0 Å². The maximum absolute atomic E-state index is 11.7. The third kappa shape index (κ3) is 3.48. The van der Waals surface area contributed by atoms with Crippen molar-refractivity contribution in [3.8, 4) is 0 Å². The molecule has 0 aliphatic carbocycles. The summed E-state index contributed by atoms with van der Waals surface area (Å²) in [5.41, 5.74) is 5.97. The molecular formula is C10H15NO4S. The molecule has 0 aliphatic rings. The molecular weight excluding hydrogens is 230 g/mol. The fraction of sp³-hybridized carbons (Fsp3) is 0.400. The van der Waals surface area contributed by atoms with Gasteiger partial charge in [0.15, 0.2) is 0 Å². The van der Waals surface area contributed by atoms with Gasteiger partial charge >= 0.3 is 0 Å². The van der Waals surface area contributed by atoms with E-state index >= 15 is 0 Å². The third-order valence-electron chi connectivity index (χ3n) is 1.86. The first kappa shape index (κ1) is 13.0. The van der Waals surface area contributed by atoms with Crippen LogP contribution >= 0.6 is 0 Å². The van der Waals surface area contributed by atoms with Crippen LogP contribution < -0.4 is 5.73 Å². The smallest absolute Gasteiger partial charge is 0.297 e. The molecule has 0 heterocycles.